The van der Waals surface area contributed by atoms with Gasteiger partial charge in [0.1, 0.15) is 11.6 Å². The third-order valence-corrected chi connectivity index (χ3v) is 5.16. The number of hydrogen-bond donors (Lipinski definition) is 0. The maximum Gasteiger partial charge on any atom is 0.153 e. The molecule has 2 aliphatic carbocycles. The van der Waals surface area contributed by atoms with Crippen LogP contribution in [0.1, 0.15) is 49.7 Å². The number of fused-ring (bicyclic) bond motifs is 1. The van der Waals surface area contributed by atoms with Gasteiger partial charge in [-0.05, 0) is 38.0 Å². The molecule has 2 aromatic rings. The van der Waals surface area contributed by atoms with Crippen LogP contribution in [-0.4, -0.2) is 24.5 Å². The average molecular weight is 271 g/mol. The van der Waals surface area contributed by atoms with E-state index in [1.165, 1.54) is 32.1 Å². The summed E-state index contributed by atoms with van der Waals surface area (Å²) in [6, 6.07) is 2.01. The van der Waals surface area contributed by atoms with Crippen molar-refractivity contribution < 1.29 is 0 Å². The van der Waals surface area contributed by atoms with Crippen LogP contribution in [0.2, 0.25) is 0 Å². The molecule has 20 heavy (non-hydrogen) atoms. The van der Waals surface area contributed by atoms with Gasteiger partial charge in [0, 0.05) is 19.0 Å². The van der Waals surface area contributed by atoms with E-state index in [2.05, 4.69) is 10.2 Å². The Labute approximate surface area is 119 Å². The highest BCUT2D eigenvalue weighted by Crippen LogP contribution is 2.51. The molecule has 0 N–H and O–H groups in total. The second-order valence-corrected chi connectivity index (χ2v) is 6.28. The Hall–Kier alpha value is -1.65. The van der Waals surface area contributed by atoms with E-state index < -0.39 is 0 Å². The lowest BCUT2D eigenvalue weighted by Crippen LogP contribution is -2.15. The summed E-state index contributed by atoms with van der Waals surface area (Å²) in [6.07, 6.45) is 8.64. The standard InChI is InChI=1S/C15H21N5/c1-10-17-15(13-7-6-11-4-3-5-12(11)13)20(18-10)14-8-9-16-19(14)2/h8-9,11-13H,3-7H2,1-2H3/t11-,12-,13-/m0/s1. The summed E-state index contributed by atoms with van der Waals surface area (Å²) in [7, 11) is 1.96. The zero-order chi connectivity index (χ0) is 13.7. The molecule has 2 aliphatic rings. The van der Waals surface area contributed by atoms with Crippen LogP contribution in [0.3, 0.4) is 0 Å². The third kappa shape index (κ3) is 1.72. The van der Waals surface area contributed by atoms with Gasteiger partial charge in [0.25, 0.3) is 0 Å². The van der Waals surface area contributed by atoms with E-state index in [0.29, 0.717) is 5.92 Å². The SMILES string of the molecule is Cc1nc([C@H]2CC[C@@H]3CCC[C@@H]32)n(-c2ccnn2C)n1. The van der Waals surface area contributed by atoms with Crippen molar-refractivity contribution >= 4 is 0 Å². The lowest BCUT2D eigenvalue weighted by Gasteiger charge is -2.18. The zero-order valence-electron chi connectivity index (χ0n) is 12.2. The number of nitrogens with zero attached hydrogens (tertiary/aromatic N) is 5. The number of hydrogen-bond acceptors (Lipinski definition) is 3. The summed E-state index contributed by atoms with van der Waals surface area (Å²) in [5.74, 6) is 5.37. The van der Waals surface area contributed by atoms with Crippen LogP contribution in [0.5, 0.6) is 0 Å². The molecule has 0 radical (unpaired) electrons. The van der Waals surface area contributed by atoms with Gasteiger partial charge < -0.3 is 0 Å². The Bertz CT molecular complexity index is 626. The molecular formula is C15H21N5. The summed E-state index contributed by atoms with van der Waals surface area (Å²) in [5.41, 5.74) is 0. The van der Waals surface area contributed by atoms with Crippen LogP contribution in [0.15, 0.2) is 12.3 Å². The molecule has 0 saturated heterocycles. The predicted molar refractivity (Wildman–Crippen MR) is 75.7 cm³/mol. The summed E-state index contributed by atoms with van der Waals surface area (Å²) < 4.78 is 3.90. The maximum atomic E-state index is 4.76. The first kappa shape index (κ1) is 12.1. The minimum absolute atomic E-state index is 0.582. The molecule has 0 unspecified atom stereocenters. The number of aromatic nitrogens is 5. The summed E-state index contributed by atoms with van der Waals surface area (Å²) in [4.78, 5) is 4.76. The van der Waals surface area contributed by atoms with Gasteiger partial charge in [0.2, 0.25) is 0 Å². The van der Waals surface area contributed by atoms with Gasteiger partial charge in [-0.3, -0.25) is 4.68 Å². The van der Waals surface area contributed by atoms with Gasteiger partial charge in [0.15, 0.2) is 5.82 Å². The fraction of sp³-hybridized carbons (Fsp3) is 0.667. The highest BCUT2D eigenvalue weighted by molar-refractivity contribution is 5.24. The summed E-state index contributed by atoms with van der Waals surface area (Å²) in [5, 5.41) is 8.88. The van der Waals surface area contributed by atoms with Crippen molar-refractivity contribution in [1.29, 1.82) is 0 Å². The van der Waals surface area contributed by atoms with Gasteiger partial charge >= 0.3 is 0 Å². The lowest BCUT2D eigenvalue weighted by molar-refractivity contribution is 0.406. The number of aryl methyl sites for hydroxylation is 2. The molecule has 3 atom stereocenters. The van der Waals surface area contributed by atoms with Crippen LogP contribution >= 0.6 is 0 Å². The average Bonchev–Trinajstić information content (AvgIpc) is 3.11. The van der Waals surface area contributed by atoms with E-state index >= 15 is 0 Å². The fourth-order valence-corrected chi connectivity index (χ4v) is 4.30. The first-order valence-electron chi connectivity index (χ1n) is 7.66. The Balaban J connectivity index is 1.77. The van der Waals surface area contributed by atoms with Crippen molar-refractivity contribution in [3.05, 3.63) is 23.9 Å². The van der Waals surface area contributed by atoms with Gasteiger partial charge in [-0.15, -0.1) is 5.10 Å². The van der Waals surface area contributed by atoms with E-state index in [1.54, 1.807) is 0 Å². The lowest BCUT2D eigenvalue weighted by atomic mass is 9.91. The Morgan fingerprint density at radius 3 is 2.90 bits per heavy atom. The zero-order valence-corrected chi connectivity index (χ0v) is 12.2. The molecule has 4 rings (SSSR count). The van der Waals surface area contributed by atoms with E-state index in [-0.39, 0.29) is 0 Å². The molecule has 2 aromatic heterocycles. The van der Waals surface area contributed by atoms with Gasteiger partial charge in [0.05, 0.1) is 6.20 Å². The molecule has 5 heteroatoms. The highest BCUT2D eigenvalue weighted by Gasteiger charge is 2.42. The minimum Gasteiger partial charge on any atom is -0.251 e. The molecule has 0 aliphatic heterocycles. The maximum absolute atomic E-state index is 4.76. The molecule has 2 saturated carbocycles. The predicted octanol–water partition coefficient (Wildman–Crippen LogP) is 2.60. The molecule has 0 aromatic carbocycles. The van der Waals surface area contributed by atoms with Crippen LogP contribution in [0, 0.1) is 18.8 Å². The smallest absolute Gasteiger partial charge is 0.153 e. The molecular weight excluding hydrogens is 250 g/mol. The topological polar surface area (TPSA) is 48.5 Å². The summed E-state index contributed by atoms with van der Waals surface area (Å²) in [6.45, 7) is 1.98. The van der Waals surface area contributed by atoms with Crippen molar-refractivity contribution in [2.75, 3.05) is 0 Å². The monoisotopic (exact) mass is 271 g/mol. The Morgan fingerprint density at radius 2 is 2.10 bits per heavy atom. The van der Waals surface area contributed by atoms with E-state index in [4.69, 9.17) is 4.98 Å². The second kappa shape index (κ2) is 4.43. The van der Waals surface area contributed by atoms with Crippen molar-refractivity contribution in [2.45, 2.75) is 44.9 Å². The van der Waals surface area contributed by atoms with Crippen LogP contribution in [0.4, 0.5) is 0 Å². The molecule has 2 fully saturated rings. The van der Waals surface area contributed by atoms with Crippen molar-refractivity contribution in [3.63, 3.8) is 0 Å². The highest BCUT2D eigenvalue weighted by atomic mass is 15.4. The normalized spacial score (nSPS) is 29.0. The fourth-order valence-electron chi connectivity index (χ4n) is 4.30. The molecule has 0 bridgehead atoms. The van der Waals surface area contributed by atoms with Crippen LogP contribution in [0.25, 0.3) is 5.82 Å². The number of rotatable bonds is 2. The first-order chi connectivity index (χ1) is 9.74. The second-order valence-electron chi connectivity index (χ2n) is 6.28. The molecule has 106 valence electrons. The van der Waals surface area contributed by atoms with Gasteiger partial charge in [-0.2, -0.15) is 9.78 Å². The minimum atomic E-state index is 0.582. The van der Waals surface area contributed by atoms with Crippen molar-refractivity contribution in [1.82, 2.24) is 24.5 Å². The van der Waals surface area contributed by atoms with Crippen LogP contribution < -0.4 is 0 Å². The van der Waals surface area contributed by atoms with Gasteiger partial charge in [-0.25, -0.2) is 4.98 Å². The van der Waals surface area contributed by atoms with Crippen molar-refractivity contribution in [2.24, 2.45) is 18.9 Å². The quantitative estimate of drug-likeness (QED) is 0.843. The Morgan fingerprint density at radius 1 is 1.20 bits per heavy atom. The van der Waals surface area contributed by atoms with Crippen molar-refractivity contribution in [3.8, 4) is 5.82 Å². The summed E-state index contributed by atoms with van der Waals surface area (Å²) >= 11 is 0. The Kier molecular flexibility index (Phi) is 2.69. The first-order valence-corrected chi connectivity index (χ1v) is 7.66. The van der Waals surface area contributed by atoms with Crippen LogP contribution in [-0.2, 0) is 7.05 Å². The molecule has 2 heterocycles. The molecule has 0 spiro atoms. The molecule has 5 nitrogen and oxygen atoms in total. The molecule has 0 amide bonds. The largest absolute Gasteiger partial charge is 0.251 e. The van der Waals surface area contributed by atoms with Gasteiger partial charge in [-0.1, -0.05) is 12.8 Å². The van der Waals surface area contributed by atoms with E-state index in [1.807, 2.05) is 35.6 Å². The third-order valence-electron chi connectivity index (χ3n) is 5.16. The van der Waals surface area contributed by atoms with E-state index in [0.717, 1.165) is 29.3 Å². The van der Waals surface area contributed by atoms with E-state index in [9.17, 15) is 0 Å².